The maximum Gasteiger partial charge on any atom is 0.253 e. The molecule has 1 aromatic carbocycles. The Bertz CT molecular complexity index is 879. The first-order valence-corrected chi connectivity index (χ1v) is 8.15. The monoisotopic (exact) mass is 321 g/mol. The summed E-state index contributed by atoms with van der Waals surface area (Å²) in [5, 5.41) is 11.3. The van der Waals surface area contributed by atoms with Crippen molar-refractivity contribution in [3.8, 4) is 5.69 Å². The van der Waals surface area contributed by atoms with Gasteiger partial charge in [0, 0.05) is 25.4 Å². The van der Waals surface area contributed by atoms with Gasteiger partial charge in [-0.05, 0) is 37.6 Å². The van der Waals surface area contributed by atoms with E-state index in [1.54, 1.807) is 0 Å². The summed E-state index contributed by atoms with van der Waals surface area (Å²) in [4.78, 5) is 12.7. The van der Waals surface area contributed by atoms with E-state index in [0.29, 0.717) is 12.1 Å². The van der Waals surface area contributed by atoms with Crippen molar-refractivity contribution in [1.82, 2.24) is 24.6 Å². The highest BCUT2D eigenvalue weighted by molar-refractivity contribution is 5.98. The van der Waals surface area contributed by atoms with E-state index in [1.807, 2.05) is 54.2 Å². The van der Waals surface area contributed by atoms with E-state index in [4.69, 9.17) is 0 Å². The number of fused-ring (bicyclic) bond motifs is 1. The Labute approximate surface area is 140 Å². The molecule has 0 saturated heterocycles. The summed E-state index contributed by atoms with van der Waals surface area (Å²) < 4.78 is 4.05. The van der Waals surface area contributed by atoms with Crippen molar-refractivity contribution >= 4 is 5.91 Å². The Balaban J connectivity index is 1.57. The number of hydrogen-bond acceptors (Lipinski definition) is 3. The highest BCUT2D eigenvalue weighted by Gasteiger charge is 2.18. The van der Waals surface area contributed by atoms with E-state index in [1.165, 1.54) is 0 Å². The van der Waals surface area contributed by atoms with Crippen LogP contribution in [0.25, 0.3) is 5.69 Å². The van der Waals surface area contributed by atoms with Crippen molar-refractivity contribution in [1.29, 1.82) is 0 Å². The van der Waals surface area contributed by atoms with Crippen molar-refractivity contribution < 1.29 is 4.79 Å². The Morgan fingerprint density at radius 1 is 1.25 bits per heavy atom. The van der Waals surface area contributed by atoms with Crippen LogP contribution in [0.2, 0.25) is 0 Å². The third-order valence-electron chi connectivity index (χ3n) is 4.37. The molecule has 6 heteroatoms. The van der Waals surface area contributed by atoms with Gasteiger partial charge in [0.25, 0.3) is 5.91 Å². The van der Waals surface area contributed by atoms with Crippen LogP contribution in [0.5, 0.6) is 0 Å². The molecule has 122 valence electrons. The summed E-state index contributed by atoms with van der Waals surface area (Å²) in [6.45, 7) is 3.32. The number of nitrogens with zero attached hydrogens (tertiary/aromatic N) is 4. The molecule has 0 atom stereocenters. The van der Waals surface area contributed by atoms with Crippen molar-refractivity contribution in [2.75, 3.05) is 0 Å². The summed E-state index contributed by atoms with van der Waals surface area (Å²) in [5.74, 6) is 1.74. The Morgan fingerprint density at radius 3 is 2.92 bits per heavy atom. The van der Waals surface area contributed by atoms with Gasteiger partial charge in [-0.25, -0.2) is 0 Å². The normalized spacial score (nSPS) is 13.0. The lowest BCUT2D eigenvalue weighted by molar-refractivity contribution is 0.0949. The van der Waals surface area contributed by atoms with Gasteiger partial charge in [-0.3, -0.25) is 4.79 Å². The minimum atomic E-state index is -0.0993. The molecular formula is C18H19N5O. The van der Waals surface area contributed by atoms with E-state index in [-0.39, 0.29) is 5.91 Å². The van der Waals surface area contributed by atoms with Crippen LogP contribution in [0, 0.1) is 6.92 Å². The van der Waals surface area contributed by atoms with Crippen LogP contribution in [0.1, 0.15) is 34.0 Å². The van der Waals surface area contributed by atoms with Crippen LogP contribution in [0.4, 0.5) is 0 Å². The van der Waals surface area contributed by atoms with Crippen molar-refractivity contribution in [3.63, 3.8) is 0 Å². The molecule has 4 rings (SSSR count). The van der Waals surface area contributed by atoms with Gasteiger partial charge in [0.2, 0.25) is 0 Å². The highest BCUT2D eigenvalue weighted by atomic mass is 16.1. The molecule has 6 nitrogen and oxygen atoms in total. The van der Waals surface area contributed by atoms with E-state index in [2.05, 4.69) is 20.1 Å². The Kier molecular flexibility index (Phi) is 3.65. The number of rotatable bonds is 4. The first-order valence-electron chi connectivity index (χ1n) is 8.15. The topological polar surface area (TPSA) is 64.7 Å². The quantitative estimate of drug-likeness (QED) is 0.801. The largest absolute Gasteiger partial charge is 0.345 e. The number of aryl methyl sites for hydroxylation is 2. The van der Waals surface area contributed by atoms with Gasteiger partial charge in [0.15, 0.2) is 5.82 Å². The lowest BCUT2D eigenvalue weighted by Crippen LogP contribution is -2.26. The second-order valence-electron chi connectivity index (χ2n) is 6.08. The molecule has 0 aliphatic carbocycles. The fraction of sp³-hybridized carbons (Fsp3) is 0.278. The summed E-state index contributed by atoms with van der Waals surface area (Å²) in [5.41, 5.74) is 2.58. The van der Waals surface area contributed by atoms with Crippen molar-refractivity contribution in [2.45, 2.75) is 32.9 Å². The zero-order valence-electron chi connectivity index (χ0n) is 13.6. The summed E-state index contributed by atoms with van der Waals surface area (Å²) in [7, 11) is 0. The first-order chi connectivity index (χ1) is 11.7. The van der Waals surface area contributed by atoms with Gasteiger partial charge in [0.05, 0.1) is 17.8 Å². The maximum absolute atomic E-state index is 12.7. The Morgan fingerprint density at radius 2 is 2.08 bits per heavy atom. The molecule has 1 aliphatic rings. The molecule has 1 N–H and O–H groups in total. The third kappa shape index (κ3) is 2.60. The van der Waals surface area contributed by atoms with Crippen LogP contribution in [-0.2, 0) is 19.5 Å². The lowest BCUT2D eigenvalue weighted by Gasteiger charge is -2.12. The second kappa shape index (κ2) is 5.96. The van der Waals surface area contributed by atoms with Gasteiger partial charge < -0.3 is 14.5 Å². The zero-order chi connectivity index (χ0) is 16.5. The molecule has 0 unspecified atom stereocenters. The molecule has 0 spiro atoms. The minimum absolute atomic E-state index is 0.0993. The van der Waals surface area contributed by atoms with E-state index in [0.717, 1.165) is 42.3 Å². The smallest absolute Gasteiger partial charge is 0.253 e. The first kappa shape index (κ1) is 14.7. The van der Waals surface area contributed by atoms with Crippen molar-refractivity contribution in [3.05, 3.63) is 65.5 Å². The molecular weight excluding hydrogens is 302 g/mol. The van der Waals surface area contributed by atoms with E-state index >= 15 is 0 Å². The number of hydrogen-bond donors (Lipinski definition) is 1. The van der Waals surface area contributed by atoms with Gasteiger partial charge in [-0.2, -0.15) is 0 Å². The second-order valence-corrected chi connectivity index (χ2v) is 6.08. The van der Waals surface area contributed by atoms with Crippen LogP contribution < -0.4 is 5.32 Å². The number of benzene rings is 1. The molecule has 0 saturated carbocycles. The number of amides is 1. The maximum atomic E-state index is 12.7. The fourth-order valence-corrected chi connectivity index (χ4v) is 3.15. The van der Waals surface area contributed by atoms with Gasteiger partial charge in [-0.1, -0.05) is 11.6 Å². The van der Waals surface area contributed by atoms with Gasteiger partial charge in [-0.15, -0.1) is 10.2 Å². The molecule has 0 bridgehead atoms. The van der Waals surface area contributed by atoms with Gasteiger partial charge >= 0.3 is 0 Å². The molecule has 0 radical (unpaired) electrons. The number of aromatic nitrogens is 4. The summed E-state index contributed by atoms with van der Waals surface area (Å²) in [6.07, 6.45) is 5.94. The van der Waals surface area contributed by atoms with E-state index < -0.39 is 0 Å². The van der Waals surface area contributed by atoms with Crippen LogP contribution >= 0.6 is 0 Å². The third-order valence-corrected chi connectivity index (χ3v) is 4.37. The van der Waals surface area contributed by atoms with E-state index in [9.17, 15) is 4.79 Å². The fourth-order valence-electron chi connectivity index (χ4n) is 3.15. The average Bonchev–Trinajstić information content (AvgIpc) is 3.30. The molecule has 3 heterocycles. The van der Waals surface area contributed by atoms with Crippen LogP contribution in [0.15, 0.2) is 42.7 Å². The van der Waals surface area contributed by atoms with Crippen molar-refractivity contribution in [2.24, 2.45) is 0 Å². The molecule has 1 amide bonds. The average molecular weight is 321 g/mol. The molecule has 1 aliphatic heterocycles. The zero-order valence-corrected chi connectivity index (χ0v) is 13.6. The number of carbonyl (C=O) groups excluding carboxylic acids is 1. The number of carbonyl (C=O) groups is 1. The standard InChI is InChI=1S/C18H19N5O/c1-13-6-7-15(22-8-2-3-9-22)14(11-13)18(24)19-12-17-21-20-16-5-4-10-23(16)17/h2-3,6-9,11H,4-5,10,12H2,1H3,(H,19,24). The molecule has 2 aromatic heterocycles. The molecule has 3 aromatic rings. The SMILES string of the molecule is Cc1ccc(-n2cccc2)c(C(=O)NCc2nnc3n2CCC3)c1. The minimum Gasteiger partial charge on any atom is -0.345 e. The summed E-state index contributed by atoms with van der Waals surface area (Å²) >= 11 is 0. The lowest BCUT2D eigenvalue weighted by atomic mass is 10.1. The predicted molar refractivity (Wildman–Crippen MR) is 90.0 cm³/mol. The Hall–Kier alpha value is -2.89. The van der Waals surface area contributed by atoms with Gasteiger partial charge in [0.1, 0.15) is 5.82 Å². The van der Waals surface area contributed by atoms with Crippen LogP contribution in [-0.4, -0.2) is 25.2 Å². The van der Waals surface area contributed by atoms with Crippen LogP contribution in [0.3, 0.4) is 0 Å². The molecule has 24 heavy (non-hydrogen) atoms. The molecule has 0 fully saturated rings. The summed E-state index contributed by atoms with van der Waals surface area (Å²) in [6, 6.07) is 9.79. The highest BCUT2D eigenvalue weighted by Crippen LogP contribution is 2.18. The number of nitrogens with one attached hydrogen (secondary N) is 1. The predicted octanol–water partition coefficient (Wildman–Crippen LogP) is 2.25.